The second-order valence-electron chi connectivity index (χ2n) is 4.16. The molecule has 0 saturated heterocycles. The highest BCUT2D eigenvalue weighted by Crippen LogP contribution is 2.35. The molecule has 0 amide bonds. The molecule has 0 aliphatic heterocycles. The zero-order valence-electron chi connectivity index (χ0n) is 10.7. The standard InChI is InChI=1S/C14H12N2O5/c15-9-4-2-1-3-7(9)14(20)21-10-6-5-8(13(18)19)11(16)12(10)17/h1-6,17H,15-16H2,(H,18,19). The molecule has 0 aliphatic rings. The van der Waals surface area contributed by atoms with Crippen molar-refractivity contribution in [2.24, 2.45) is 0 Å². The molecule has 7 heteroatoms. The van der Waals surface area contributed by atoms with Crippen LogP contribution in [0, 0.1) is 0 Å². The van der Waals surface area contributed by atoms with Crippen molar-refractivity contribution in [2.75, 3.05) is 11.5 Å². The highest BCUT2D eigenvalue weighted by atomic mass is 16.5. The number of anilines is 2. The number of hydrogen-bond donors (Lipinski definition) is 4. The van der Waals surface area contributed by atoms with Crippen LogP contribution < -0.4 is 16.2 Å². The third-order valence-corrected chi connectivity index (χ3v) is 2.79. The Morgan fingerprint density at radius 2 is 1.67 bits per heavy atom. The molecule has 0 unspecified atom stereocenters. The molecule has 2 aromatic rings. The van der Waals surface area contributed by atoms with E-state index in [2.05, 4.69) is 0 Å². The summed E-state index contributed by atoms with van der Waals surface area (Å²) in [6.07, 6.45) is 0. The number of carbonyl (C=O) groups is 2. The number of phenols is 1. The molecule has 0 fully saturated rings. The summed E-state index contributed by atoms with van der Waals surface area (Å²) in [5.41, 5.74) is 10.8. The normalized spacial score (nSPS) is 10.1. The average molecular weight is 288 g/mol. The summed E-state index contributed by atoms with van der Waals surface area (Å²) in [6, 6.07) is 8.53. The Balaban J connectivity index is 2.33. The van der Waals surface area contributed by atoms with Crippen LogP contribution in [0.25, 0.3) is 0 Å². The number of esters is 1. The van der Waals surface area contributed by atoms with Crippen LogP contribution in [0.5, 0.6) is 11.5 Å². The maximum atomic E-state index is 11.9. The molecule has 0 radical (unpaired) electrons. The van der Waals surface area contributed by atoms with Crippen LogP contribution in [0.3, 0.4) is 0 Å². The Kier molecular flexibility index (Phi) is 3.66. The minimum absolute atomic E-state index is 0.123. The third-order valence-electron chi connectivity index (χ3n) is 2.79. The molecule has 0 heterocycles. The molecule has 0 saturated carbocycles. The molecule has 0 aliphatic carbocycles. The summed E-state index contributed by atoms with van der Waals surface area (Å²) >= 11 is 0. The van der Waals surface area contributed by atoms with Crippen LogP contribution in [0.1, 0.15) is 20.7 Å². The van der Waals surface area contributed by atoms with E-state index in [1.54, 1.807) is 12.1 Å². The Hall–Kier alpha value is -3.22. The second-order valence-corrected chi connectivity index (χ2v) is 4.16. The zero-order valence-corrected chi connectivity index (χ0v) is 10.7. The largest absolute Gasteiger partial charge is 0.503 e. The highest BCUT2D eigenvalue weighted by molar-refractivity contribution is 5.98. The van der Waals surface area contributed by atoms with Crippen molar-refractivity contribution in [3.63, 3.8) is 0 Å². The van der Waals surface area contributed by atoms with E-state index in [9.17, 15) is 14.7 Å². The molecule has 108 valence electrons. The smallest absolute Gasteiger partial charge is 0.345 e. The lowest BCUT2D eigenvalue weighted by Crippen LogP contribution is -2.12. The molecular formula is C14H12N2O5. The first-order valence-electron chi connectivity index (χ1n) is 5.83. The summed E-state index contributed by atoms with van der Waals surface area (Å²) in [5.74, 6) is -2.94. The van der Waals surface area contributed by atoms with Crippen molar-refractivity contribution in [3.05, 3.63) is 47.5 Å². The topological polar surface area (TPSA) is 136 Å². The Morgan fingerprint density at radius 3 is 2.29 bits per heavy atom. The number of nitrogen functional groups attached to an aromatic ring is 2. The number of carbonyl (C=O) groups excluding carboxylic acids is 1. The summed E-state index contributed by atoms with van der Waals surface area (Å²) in [7, 11) is 0. The number of carboxylic acid groups (broad SMARTS) is 1. The van der Waals surface area contributed by atoms with Crippen LogP contribution >= 0.6 is 0 Å². The number of phenolic OH excluding ortho intramolecular Hbond substituents is 1. The van der Waals surface area contributed by atoms with Crippen molar-refractivity contribution in [1.29, 1.82) is 0 Å². The predicted octanol–water partition coefficient (Wildman–Crippen LogP) is 1.47. The predicted molar refractivity (Wildman–Crippen MR) is 75.3 cm³/mol. The Labute approximate surface area is 119 Å². The number of aromatic carboxylic acids is 1. The van der Waals surface area contributed by atoms with Crippen LogP contribution in [-0.4, -0.2) is 22.2 Å². The van der Waals surface area contributed by atoms with Crippen molar-refractivity contribution >= 4 is 23.3 Å². The van der Waals surface area contributed by atoms with Crippen LogP contribution in [0.15, 0.2) is 36.4 Å². The molecule has 6 N–H and O–H groups in total. The van der Waals surface area contributed by atoms with Gasteiger partial charge in [0.1, 0.15) is 0 Å². The first kappa shape index (κ1) is 14.2. The second kappa shape index (κ2) is 5.41. The number of hydrogen-bond acceptors (Lipinski definition) is 6. The Bertz CT molecular complexity index is 727. The molecule has 2 rings (SSSR count). The van der Waals surface area contributed by atoms with Gasteiger partial charge in [0, 0.05) is 5.69 Å². The van der Waals surface area contributed by atoms with E-state index in [0.29, 0.717) is 0 Å². The summed E-state index contributed by atoms with van der Waals surface area (Å²) in [6.45, 7) is 0. The number of carboxylic acids is 1. The van der Waals surface area contributed by atoms with Gasteiger partial charge >= 0.3 is 11.9 Å². The number of ether oxygens (including phenoxy) is 1. The van der Waals surface area contributed by atoms with Gasteiger partial charge in [-0.1, -0.05) is 12.1 Å². The van der Waals surface area contributed by atoms with E-state index >= 15 is 0 Å². The van der Waals surface area contributed by atoms with Crippen LogP contribution in [0.2, 0.25) is 0 Å². The number of rotatable bonds is 3. The number of aromatic hydroxyl groups is 1. The molecule has 0 atom stereocenters. The van der Waals surface area contributed by atoms with E-state index in [1.807, 2.05) is 0 Å². The first-order valence-corrected chi connectivity index (χ1v) is 5.83. The number of para-hydroxylation sites is 1. The minimum atomic E-state index is -1.30. The van der Waals surface area contributed by atoms with E-state index in [4.69, 9.17) is 21.3 Å². The maximum absolute atomic E-state index is 11.9. The van der Waals surface area contributed by atoms with E-state index < -0.39 is 17.7 Å². The van der Waals surface area contributed by atoms with E-state index in [-0.39, 0.29) is 28.3 Å². The SMILES string of the molecule is Nc1ccccc1C(=O)Oc1ccc(C(=O)O)c(N)c1O. The molecule has 21 heavy (non-hydrogen) atoms. The first-order chi connectivity index (χ1) is 9.91. The van der Waals surface area contributed by atoms with Gasteiger partial charge in [-0.15, -0.1) is 0 Å². The molecule has 7 nitrogen and oxygen atoms in total. The van der Waals surface area contributed by atoms with Gasteiger partial charge in [-0.25, -0.2) is 9.59 Å². The summed E-state index contributed by atoms with van der Waals surface area (Å²) in [5, 5.41) is 18.7. The van der Waals surface area contributed by atoms with Crippen molar-refractivity contribution in [2.45, 2.75) is 0 Å². The van der Waals surface area contributed by atoms with E-state index in [1.165, 1.54) is 12.1 Å². The lowest BCUT2D eigenvalue weighted by atomic mass is 10.1. The fourth-order valence-electron chi connectivity index (χ4n) is 1.69. The monoisotopic (exact) mass is 288 g/mol. The van der Waals surface area contributed by atoms with Gasteiger partial charge in [-0.05, 0) is 24.3 Å². The Morgan fingerprint density at radius 1 is 1.00 bits per heavy atom. The fourth-order valence-corrected chi connectivity index (χ4v) is 1.69. The number of nitrogens with two attached hydrogens (primary N) is 2. The summed E-state index contributed by atoms with van der Waals surface area (Å²) in [4.78, 5) is 22.8. The van der Waals surface area contributed by atoms with Gasteiger partial charge in [0.15, 0.2) is 11.5 Å². The van der Waals surface area contributed by atoms with Crippen LogP contribution in [-0.2, 0) is 0 Å². The molecule has 2 aromatic carbocycles. The quantitative estimate of drug-likeness (QED) is 0.290. The van der Waals surface area contributed by atoms with E-state index in [0.717, 1.165) is 12.1 Å². The van der Waals surface area contributed by atoms with Gasteiger partial charge in [0.25, 0.3) is 0 Å². The average Bonchev–Trinajstić information content (AvgIpc) is 2.44. The zero-order chi connectivity index (χ0) is 15.6. The van der Waals surface area contributed by atoms with Gasteiger partial charge < -0.3 is 26.4 Å². The third kappa shape index (κ3) is 2.71. The van der Waals surface area contributed by atoms with Crippen LogP contribution in [0.4, 0.5) is 11.4 Å². The highest BCUT2D eigenvalue weighted by Gasteiger charge is 2.19. The van der Waals surface area contributed by atoms with Crippen molar-refractivity contribution in [3.8, 4) is 11.5 Å². The van der Waals surface area contributed by atoms with Gasteiger partial charge in [0.2, 0.25) is 0 Å². The van der Waals surface area contributed by atoms with Crippen molar-refractivity contribution < 1.29 is 24.5 Å². The summed E-state index contributed by atoms with van der Waals surface area (Å²) < 4.78 is 4.99. The maximum Gasteiger partial charge on any atom is 0.345 e. The molecular weight excluding hydrogens is 276 g/mol. The van der Waals surface area contributed by atoms with Gasteiger partial charge in [0.05, 0.1) is 16.8 Å². The van der Waals surface area contributed by atoms with Gasteiger partial charge in [-0.2, -0.15) is 0 Å². The molecule has 0 bridgehead atoms. The minimum Gasteiger partial charge on any atom is -0.503 e. The fraction of sp³-hybridized carbons (Fsp3) is 0. The lowest BCUT2D eigenvalue weighted by molar-refractivity contribution is 0.0697. The van der Waals surface area contributed by atoms with Gasteiger partial charge in [-0.3, -0.25) is 0 Å². The molecule has 0 spiro atoms. The lowest BCUT2D eigenvalue weighted by Gasteiger charge is -2.10. The van der Waals surface area contributed by atoms with Crippen molar-refractivity contribution in [1.82, 2.24) is 0 Å². The number of benzene rings is 2. The molecule has 0 aromatic heterocycles.